The summed E-state index contributed by atoms with van der Waals surface area (Å²) in [4.78, 5) is 23.8. The summed E-state index contributed by atoms with van der Waals surface area (Å²) >= 11 is 0. The molecule has 3 atom stereocenters. The van der Waals surface area contributed by atoms with Crippen molar-refractivity contribution in [3.05, 3.63) is 71.8 Å². The van der Waals surface area contributed by atoms with E-state index in [9.17, 15) is 9.59 Å². The van der Waals surface area contributed by atoms with Gasteiger partial charge in [0.25, 0.3) is 0 Å². The summed E-state index contributed by atoms with van der Waals surface area (Å²) in [5.41, 5.74) is 1.90. The number of carbonyl (C=O) groups is 2. The molecule has 0 aliphatic carbocycles. The highest BCUT2D eigenvalue weighted by molar-refractivity contribution is 5.75. The number of hydrogen-bond acceptors (Lipinski definition) is 6. The number of benzene rings is 2. The first kappa shape index (κ1) is 20.0. The van der Waals surface area contributed by atoms with Crippen molar-refractivity contribution < 1.29 is 28.5 Å². The normalized spacial score (nSPS) is 21.7. The van der Waals surface area contributed by atoms with E-state index in [4.69, 9.17) is 18.9 Å². The third-order valence-corrected chi connectivity index (χ3v) is 4.43. The Morgan fingerprint density at radius 2 is 1.54 bits per heavy atom. The minimum Gasteiger partial charge on any atom is -0.459 e. The summed E-state index contributed by atoms with van der Waals surface area (Å²) in [5.74, 6) is -0.856. The van der Waals surface area contributed by atoms with Crippen molar-refractivity contribution in [1.29, 1.82) is 0 Å². The Morgan fingerprint density at radius 1 is 0.929 bits per heavy atom. The molecule has 0 N–H and O–H groups in total. The lowest BCUT2D eigenvalue weighted by molar-refractivity contribution is -0.194. The van der Waals surface area contributed by atoms with Gasteiger partial charge in [0, 0.05) is 13.3 Å². The lowest BCUT2D eigenvalue weighted by atomic mass is 10.0. The molecule has 6 heteroatoms. The summed E-state index contributed by atoms with van der Waals surface area (Å²) in [7, 11) is 0. The average molecular weight is 384 g/mol. The van der Waals surface area contributed by atoms with Crippen molar-refractivity contribution in [1.82, 2.24) is 0 Å². The van der Waals surface area contributed by atoms with E-state index in [-0.39, 0.29) is 19.6 Å². The van der Waals surface area contributed by atoms with Gasteiger partial charge >= 0.3 is 11.9 Å². The van der Waals surface area contributed by atoms with Crippen LogP contribution in [0.15, 0.2) is 60.7 Å². The predicted octanol–water partition coefficient (Wildman–Crippen LogP) is 3.04. The van der Waals surface area contributed by atoms with Crippen LogP contribution in [0.5, 0.6) is 0 Å². The van der Waals surface area contributed by atoms with Crippen LogP contribution in [-0.4, -0.2) is 36.9 Å². The van der Waals surface area contributed by atoms with Gasteiger partial charge in [-0.1, -0.05) is 60.7 Å². The molecule has 0 saturated carbocycles. The molecule has 0 bridgehead atoms. The van der Waals surface area contributed by atoms with E-state index < -0.39 is 30.3 Å². The second-order valence-electron chi connectivity index (χ2n) is 6.63. The third kappa shape index (κ3) is 5.90. The number of carbonyl (C=O) groups excluding carboxylic acids is 2. The zero-order valence-corrected chi connectivity index (χ0v) is 15.8. The molecule has 0 radical (unpaired) electrons. The van der Waals surface area contributed by atoms with Crippen LogP contribution in [0.2, 0.25) is 0 Å². The fourth-order valence-corrected chi connectivity index (χ4v) is 3.01. The molecular weight excluding hydrogens is 360 g/mol. The standard InChI is InChI=1S/C22H24O6/c1-16(23)28-21-15-26-20(22(24)27-14-18-10-6-3-7-11-18)12-19(21)25-13-17-8-4-2-5-9-17/h2-11,19-21H,12-15H2,1H3/t19-,20?,21?/m1/s1. The maximum Gasteiger partial charge on any atom is 0.335 e. The van der Waals surface area contributed by atoms with Gasteiger partial charge in [0.15, 0.2) is 12.2 Å². The van der Waals surface area contributed by atoms with Crippen molar-refractivity contribution in [3.63, 3.8) is 0 Å². The predicted molar refractivity (Wildman–Crippen MR) is 101 cm³/mol. The SMILES string of the molecule is CC(=O)OC1COC(C(=O)OCc2ccccc2)C[C@H]1OCc1ccccc1. The largest absolute Gasteiger partial charge is 0.459 e. The molecule has 1 heterocycles. The first-order valence-corrected chi connectivity index (χ1v) is 9.26. The second kappa shape index (κ2) is 10.0. The first-order chi connectivity index (χ1) is 13.6. The number of rotatable bonds is 7. The van der Waals surface area contributed by atoms with Gasteiger partial charge in [-0.05, 0) is 11.1 Å². The zero-order valence-electron chi connectivity index (χ0n) is 15.8. The van der Waals surface area contributed by atoms with E-state index in [1.807, 2.05) is 60.7 Å². The van der Waals surface area contributed by atoms with Crippen LogP contribution in [0, 0.1) is 0 Å². The molecule has 1 fully saturated rings. The molecule has 6 nitrogen and oxygen atoms in total. The molecule has 3 rings (SSSR count). The van der Waals surface area contributed by atoms with Crippen molar-refractivity contribution in [2.45, 2.75) is 44.9 Å². The molecule has 2 aromatic carbocycles. The molecule has 0 spiro atoms. The van der Waals surface area contributed by atoms with Gasteiger partial charge in [0.1, 0.15) is 12.7 Å². The summed E-state index contributed by atoms with van der Waals surface area (Å²) in [6.07, 6.45) is -1.50. The molecule has 2 unspecified atom stereocenters. The zero-order chi connectivity index (χ0) is 19.8. The number of ether oxygens (including phenoxy) is 4. The quantitative estimate of drug-likeness (QED) is 0.684. The van der Waals surface area contributed by atoms with Gasteiger partial charge in [-0.25, -0.2) is 4.79 Å². The Hall–Kier alpha value is -2.70. The topological polar surface area (TPSA) is 71.1 Å². The molecule has 1 saturated heterocycles. The van der Waals surface area contributed by atoms with E-state index >= 15 is 0 Å². The highest BCUT2D eigenvalue weighted by Crippen LogP contribution is 2.23. The Labute approximate surface area is 164 Å². The molecule has 1 aliphatic heterocycles. The lowest BCUT2D eigenvalue weighted by Gasteiger charge is -2.34. The van der Waals surface area contributed by atoms with Gasteiger partial charge in [-0.3, -0.25) is 4.79 Å². The van der Waals surface area contributed by atoms with E-state index in [0.29, 0.717) is 6.61 Å². The van der Waals surface area contributed by atoms with Crippen molar-refractivity contribution in [2.75, 3.05) is 6.61 Å². The monoisotopic (exact) mass is 384 g/mol. The Bertz CT molecular complexity index is 761. The molecule has 28 heavy (non-hydrogen) atoms. The van der Waals surface area contributed by atoms with Crippen molar-refractivity contribution in [2.24, 2.45) is 0 Å². The Morgan fingerprint density at radius 3 is 2.14 bits per heavy atom. The van der Waals surface area contributed by atoms with E-state index in [1.165, 1.54) is 6.92 Å². The first-order valence-electron chi connectivity index (χ1n) is 9.26. The fraction of sp³-hybridized carbons (Fsp3) is 0.364. The molecule has 1 aliphatic rings. The summed E-state index contributed by atoms with van der Waals surface area (Å²) in [6.45, 7) is 1.97. The van der Waals surface area contributed by atoms with E-state index in [0.717, 1.165) is 11.1 Å². The van der Waals surface area contributed by atoms with Crippen LogP contribution in [0.25, 0.3) is 0 Å². The number of esters is 2. The Kier molecular flexibility index (Phi) is 7.17. The molecule has 0 aromatic heterocycles. The van der Waals surface area contributed by atoms with Gasteiger partial charge in [-0.2, -0.15) is 0 Å². The van der Waals surface area contributed by atoms with Crippen LogP contribution in [0.3, 0.4) is 0 Å². The van der Waals surface area contributed by atoms with Crippen LogP contribution in [-0.2, 0) is 41.8 Å². The smallest absolute Gasteiger partial charge is 0.335 e. The van der Waals surface area contributed by atoms with Crippen LogP contribution in [0.4, 0.5) is 0 Å². The Balaban J connectivity index is 1.57. The van der Waals surface area contributed by atoms with Crippen molar-refractivity contribution >= 4 is 11.9 Å². The highest BCUT2D eigenvalue weighted by Gasteiger charge is 2.38. The lowest BCUT2D eigenvalue weighted by Crippen LogP contribution is -2.47. The average Bonchev–Trinajstić information content (AvgIpc) is 2.72. The van der Waals surface area contributed by atoms with Gasteiger partial charge in [0.05, 0.1) is 13.2 Å². The molecule has 148 valence electrons. The van der Waals surface area contributed by atoms with Gasteiger partial charge < -0.3 is 18.9 Å². The maximum atomic E-state index is 12.4. The van der Waals surface area contributed by atoms with Gasteiger partial charge in [-0.15, -0.1) is 0 Å². The summed E-state index contributed by atoms with van der Waals surface area (Å²) in [6, 6.07) is 19.1. The molecular formula is C22H24O6. The maximum absolute atomic E-state index is 12.4. The second-order valence-corrected chi connectivity index (χ2v) is 6.63. The van der Waals surface area contributed by atoms with E-state index in [1.54, 1.807) is 0 Å². The number of hydrogen-bond donors (Lipinski definition) is 0. The minimum absolute atomic E-state index is 0.0874. The van der Waals surface area contributed by atoms with Crippen LogP contribution < -0.4 is 0 Å². The van der Waals surface area contributed by atoms with Gasteiger partial charge in [0.2, 0.25) is 0 Å². The molecule has 2 aromatic rings. The third-order valence-electron chi connectivity index (χ3n) is 4.43. The van der Waals surface area contributed by atoms with Crippen LogP contribution in [0.1, 0.15) is 24.5 Å². The summed E-state index contributed by atoms with van der Waals surface area (Å²) < 4.78 is 22.2. The van der Waals surface area contributed by atoms with Crippen molar-refractivity contribution in [3.8, 4) is 0 Å². The molecule has 0 amide bonds. The fourth-order valence-electron chi connectivity index (χ4n) is 3.01. The highest BCUT2D eigenvalue weighted by atomic mass is 16.6. The van der Waals surface area contributed by atoms with E-state index in [2.05, 4.69) is 0 Å². The minimum atomic E-state index is -0.753. The van der Waals surface area contributed by atoms with Crippen LogP contribution >= 0.6 is 0 Å². The summed E-state index contributed by atoms with van der Waals surface area (Å²) in [5, 5.41) is 0.